The molecule has 0 radical (unpaired) electrons. The number of rotatable bonds is 8. The van der Waals surface area contributed by atoms with Crippen LogP contribution in [0.5, 0.6) is 0 Å². The third-order valence-corrected chi connectivity index (χ3v) is 4.31. The van der Waals surface area contributed by atoms with Gasteiger partial charge in [-0.2, -0.15) is 5.10 Å². The Bertz CT molecular complexity index is 1090. The van der Waals surface area contributed by atoms with Crippen molar-refractivity contribution in [3.63, 3.8) is 0 Å². The second-order valence-electron chi connectivity index (χ2n) is 6.57. The molecule has 0 aliphatic carbocycles. The second-order valence-corrected chi connectivity index (χ2v) is 7.01. The fourth-order valence-electron chi connectivity index (χ4n) is 2.59. The molecule has 12 heteroatoms. The van der Waals surface area contributed by atoms with Crippen molar-refractivity contribution < 1.29 is 19.4 Å². The molecule has 2 aromatic rings. The van der Waals surface area contributed by atoms with Gasteiger partial charge >= 0.3 is 0 Å². The van der Waals surface area contributed by atoms with Gasteiger partial charge in [0.2, 0.25) is 11.8 Å². The highest BCUT2D eigenvalue weighted by atomic mass is 35.5. The topological polar surface area (TPSA) is 157 Å². The number of non-ortho nitro benzene ring substituents is 1. The molecule has 0 saturated carbocycles. The third kappa shape index (κ3) is 6.85. The molecule has 0 fully saturated rings. The number of nitrogens with zero attached hydrogens (tertiary/aromatic N) is 3. The van der Waals surface area contributed by atoms with E-state index in [2.05, 4.69) is 15.8 Å². The van der Waals surface area contributed by atoms with Crippen LogP contribution in [-0.2, 0) is 16.0 Å². The molecular formula is C19H18ClN5O6. The number of hydrogen-bond donors (Lipinski definition) is 2. The minimum absolute atomic E-state index is 0.00286. The van der Waals surface area contributed by atoms with Gasteiger partial charge in [0.1, 0.15) is 0 Å². The van der Waals surface area contributed by atoms with Gasteiger partial charge in [-0.05, 0) is 43.7 Å². The highest BCUT2D eigenvalue weighted by Crippen LogP contribution is 2.25. The van der Waals surface area contributed by atoms with Crippen molar-refractivity contribution in [2.24, 2.45) is 5.10 Å². The predicted octanol–water partition coefficient (Wildman–Crippen LogP) is 3.53. The van der Waals surface area contributed by atoms with Crippen LogP contribution >= 0.6 is 11.6 Å². The largest absolute Gasteiger partial charge is 0.326 e. The van der Waals surface area contributed by atoms with E-state index >= 15 is 0 Å². The van der Waals surface area contributed by atoms with Gasteiger partial charge in [0.25, 0.3) is 11.4 Å². The zero-order valence-corrected chi connectivity index (χ0v) is 17.3. The molecule has 2 N–H and O–H groups in total. The first kappa shape index (κ1) is 23.4. The molecule has 11 nitrogen and oxygen atoms in total. The second kappa shape index (κ2) is 10.3. The van der Waals surface area contributed by atoms with Crippen LogP contribution in [0.15, 0.2) is 41.5 Å². The summed E-state index contributed by atoms with van der Waals surface area (Å²) < 4.78 is 0. The standard InChI is InChI=1S/C19H18ClN5O6/c1-11-7-14(20)4-6-16(11)21-18(26)8-12(2)22-23-19(27)9-13-3-5-15(24(28)29)10-17(13)25(30)31/h3-7,10H,8-9H2,1-2H3,(H,21,26)(H,23,27)/b22-12-. The van der Waals surface area contributed by atoms with E-state index in [0.717, 1.165) is 23.8 Å². The monoisotopic (exact) mass is 447 g/mol. The number of hydrazone groups is 1. The van der Waals surface area contributed by atoms with Gasteiger partial charge in [0, 0.05) is 28.1 Å². The fraction of sp³-hybridized carbons (Fsp3) is 0.211. The van der Waals surface area contributed by atoms with Gasteiger partial charge in [-0.25, -0.2) is 5.43 Å². The number of carbonyl (C=O) groups is 2. The van der Waals surface area contributed by atoms with Crippen LogP contribution in [0.3, 0.4) is 0 Å². The maximum Gasteiger partial charge on any atom is 0.279 e. The molecule has 0 aliphatic heterocycles. The molecule has 0 unspecified atom stereocenters. The molecule has 0 aromatic heterocycles. The summed E-state index contributed by atoms with van der Waals surface area (Å²) in [7, 11) is 0. The average molecular weight is 448 g/mol. The Morgan fingerprint density at radius 2 is 1.77 bits per heavy atom. The number of benzene rings is 2. The van der Waals surface area contributed by atoms with Gasteiger partial charge < -0.3 is 5.32 Å². The number of anilines is 1. The molecule has 0 aliphatic rings. The predicted molar refractivity (Wildman–Crippen MR) is 114 cm³/mol. The molecule has 2 aromatic carbocycles. The van der Waals surface area contributed by atoms with E-state index in [9.17, 15) is 29.8 Å². The first-order valence-corrected chi connectivity index (χ1v) is 9.24. The van der Waals surface area contributed by atoms with Crippen molar-refractivity contribution in [1.29, 1.82) is 0 Å². The molecule has 31 heavy (non-hydrogen) atoms. The molecule has 0 bridgehead atoms. The van der Waals surface area contributed by atoms with E-state index in [4.69, 9.17) is 11.6 Å². The van der Waals surface area contributed by atoms with Crippen molar-refractivity contribution in [2.45, 2.75) is 26.7 Å². The third-order valence-electron chi connectivity index (χ3n) is 4.08. The summed E-state index contributed by atoms with van der Waals surface area (Å²) in [5.74, 6) is -1.03. The quantitative estimate of drug-likeness (QED) is 0.358. The molecule has 0 spiro atoms. The van der Waals surface area contributed by atoms with Crippen LogP contribution in [0.1, 0.15) is 24.5 Å². The summed E-state index contributed by atoms with van der Waals surface area (Å²) in [6.07, 6.45) is -0.513. The number of nitro groups is 2. The molecular weight excluding hydrogens is 430 g/mol. The van der Waals surface area contributed by atoms with Crippen molar-refractivity contribution >= 4 is 46.2 Å². The summed E-state index contributed by atoms with van der Waals surface area (Å²) >= 11 is 5.88. The van der Waals surface area contributed by atoms with Gasteiger partial charge in [0.15, 0.2) is 0 Å². The first-order valence-electron chi connectivity index (χ1n) is 8.86. The van der Waals surface area contributed by atoms with Crippen molar-refractivity contribution in [1.82, 2.24) is 5.43 Å². The highest BCUT2D eigenvalue weighted by Gasteiger charge is 2.21. The Morgan fingerprint density at radius 3 is 2.39 bits per heavy atom. The van der Waals surface area contributed by atoms with Gasteiger partial charge in [0.05, 0.1) is 28.8 Å². The van der Waals surface area contributed by atoms with Gasteiger partial charge in [-0.1, -0.05) is 11.6 Å². The van der Waals surface area contributed by atoms with Crippen LogP contribution in [0, 0.1) is 27.2 Å². The van der Waals surface area contributed by atoms with Crippen molar-refractivity contribution in [3.8, 4) is 0 Å². The number of amides is 2. The normalized spacial score (nSPS) is 11.0. The molecule has 0 atom stereocenters. The Balaban J connectivity index is 1.97. The summed E-state index contributed by atoms with van der Waals surface area (Å²) in [6.45, 7) is 3.32. The van der Waals surface area contributed by atoms with Crippen LogP contribution in [0.2, 0.25) is 5.02 Å². The van der Waals surface area contributed by atoms with Crippen molar-refractivity contribution in [2.75, 3.05) is 5.32 Å². The number of nitrogens with one attached hydrogen (secondary N) is 2. The SMILES string of the molecule is C/C(CC(=O)Nc1ccc(Cl)cc1C)=N/NC(=O)Cc1ccc([N+](=O)[O-])cc1[N+](=O)[O-]. The lowest BCUT2D eigenvalue weighted by atomic mass is 10.1. The van der Waals surface area contributed by atoms with E-state index in [1.807, 2.05) is 0 Å². The number of aryl methyl sites for hydroxylation is 1. The van der Waals surface area contributed by atoms with Gasteiger partial charge in [-0.3, -0.25) is 29.8 Å². The number of hydrogen-bond acceptors (Lipinski definition) is 7. The smallest absolute Gasteiger partial charge is 0.279 e. The number of nitro benzene ring substituents is 2. The average Bonchev–Trinajstić information content (AvgIpc) is 2.68. The Labute approximate surface area is 181 Å². The lowest BCUT2D eigenvalue weighted by molar-refractivity contribution is -0.394. The minimum atomic E-state index is -0.798. The van der Waals surface area contributed by atoms with Crippen molar-refractivity contribution in [3.05, 3.63) is 72.8 Å². The van der Waals surface area contributed by atoms with Crippen LogP contribution in [0.25, 0.3) is 0 Å². The lowest BCUT2D eigenvalue weighted by Gasteiger charge is -2.09. The van der Waals surface area contributed by atoms with E-state index in [1.54, 1.807) is 25.1 Å². The molecule has 0 heterocycles. The summed E-state index contributed by atoms with van der Waals surface area (Å²) in [5, 5.41) is 29.0. The zero-order chi connectivity index (χ0) is 23.1. The highest BCUT2D eigenvalue weighted by molar-refractivity contribution is 6.30. The Kier molecular flexibility index (Phi) is 7.75. The molecule has 2 rings (SSSR count). The Hall–Kier alpha value is -3.86. The van der Waals surface area contributed by atoms with E-state index in [1.165, 1.54) is 6.92 Å². The fourth-order valence-corrected chi connectivity index (χ4v) is 2.82. The number of halogens is 1. The molecule has 162 valence electrons. The van der Waals surface area contributed by atoms with Crippen LogP contribution in [0.4, 0.5) is 17.1 Å². The number of carbonyl (C=O) groups excluding carboxylic acids is 2. The van der Waals surface area contributed by atoms with Gasteiger partial charge in [-0.15, -0.1) is 0 Å². The maximum atomic E-state index is 12.1. The maximum absolute atomic E-state index is 12.1. The Morgan fingerprint density at radius 1 is 1.06 bits per heavy atom. The van der Waals surface area contributed by atoms with Crippen LogP contribution in [-0.4, -0.2) is 27.4 Å². The summed E-state index contributed by atoms with van der Waals surface area (Å²) in [4.78, 5) is 44.6. The van der Waals surface area contributed by atoms with E-state index < -0.39 is 33.5 Å². The summed E-state index contributed by atoms with van der Waals surface area (Å²) in [5.41, 5.74) is 2.90. The molecule has 0 saturated heterocycles. The van der Waals surface area contributed by atoms with E-state index in [0.29, 0.717) is 16.4 Å². The van der Waals surface area contributed by atoms with E-state index in [-0.39, 0.29) is 17.9 Å². The van der Waals surface area contributed by atoms with Crippen LogP contribution < -0.4 is 10.7 Å². The molecule has 2 amide bonds. The zero-order valence-electron chi connectivity index (χ0n) is 16.5. The minimum Gasteiger partial charge on any atom is -0.326 e. The summed E-state index contributed by atoms with van der Waals surface area (Å²) in [6, 6.07) is 8.03. The first-order chi connectivity index (χ1) is 14.6. The lowest BCUT2D eigenvalue weighted by Crippen LogP contribution is -2.23.